The lowest BCUT2D eigenvalue weighted by Crippen LogP contribution is -2.49. The first-order chi connectivity index (χ1) is 15.3. The molecule has 0 radical (unpaired) electrons. The number of halogens is 1. The van der Waals surface area contributed by atoms with Gasteiger partial charge in [-0.25, -0.2) is 10.4 Å². The van der Waals surface area contributed by atoms with Gasteiger partial charge in [-0.2, -0.15) is 0 Å². The highest BCUT2D eigenvalue weighted by atomic mass is 79.9. The van der Waals surface area contributed by atoms with Crippen molar-refractivity contribution in [2.45, 2.75) is 31.8 Å². The van der Waals surface area contributed by atoms with Crippen molar-refractivity contribution in [3.8, 4) is 0 Å². The average molecular weight is 501 g/mol. The second kappa shape index (κ2) is 8.65. The van der Waals surface area contributed by atoms with E-state index in [9.17, 15) is 14.4 Å². The minimum absolute atomic E-state index is 0.0497. The summed E-state index contributed by atoms with van der Waals surface area (Å²) >= 11 is 3.30. The third-order valence-electron chi connectivity index (χ3n) is 5.76. The molecule has 2 aliphatic rings. The summed E-state index contributed by atoms with van der Waals surface area (Å²) < 4.78 is 0.549. The summed E-state index contributed by atoms with van der Waals surface area (Å²) in [6, 6.07) is 6.33. The van der Waals surface area contributed by atoms with Crippen LogP contribution in [0, 0.1) is 12.8 Å². The number of fused-ring (bicyclic) bond motifs is 1. The van der Waals surface area contributed by atoms with Crippen LogP contribution in [0.5, 0.6) is 0 Å². The van der Waals surface area contributed by atoms with Crippen LogP contribution < -0.4 is 21.8 Å². The van der Waals surface area contributed by atoms with E-state index >= 15 is 0 Å². The Hall–Kier alpha value is -3.34. The van der Waals surface area contributed by atoms with Crippen LogP contribution in [0.15, 0.2) is 35.1 Å². The Morgan fingerprint density at radius 1 is 1.28 bits per heavy atom. The number of rotatable bonds is 7. The number of hydrogen-bond acceptors (Lipinski definition) is 6. The molecule has 4 rings (SSSR count). The van der Waals surface area contributed by atoms with Gasteiger partial charge in [0, 0.05) is 11.7 Å². The normalized spacial score (nSPS) is 20.9. The minimum Gasteiger partial charge on any atom is -0.375 e. The van der Waals surface area contributed by atoms with E-state index in [1.807, 2.05) is 0 Å². The smallest absolute Gasteiger partial charge is 0.313 e. The number of anilines is 2. The van der Waals surface area contributed by atoms with Gasteiger partial charge in [0.25, 0.3) is 5.71 Å². The van der Waals surface area contributed by atoms with Gasteiger partial charge in [0.1, 0.15) is 10.6 Å². The van der Waals surface area contributed by atoms with Crippen molar-refractivity contribution in [2.24, 2.45) is 11.7 Å². The van der Waals surface area contributed by atoms with E-state index in [0.717, 1.165) is 6.42 Å². The van der Waals surface area contributed by atoms with E-state index in [1.165, 1.54) is 6.20 Å². The molecule has 166 valence electrons. The number of primary amides is 1. The minimum atomic E-state index is -0.742. The van der Waals surface area contributed by atoms with Gasteiger partial charge in [-0.1, -0.05) is 12.1 Å². The van der Waals surface area contributed by atoms with Gasteiger partial charge in [-0.15, -0.1) is 0 Å². The fourth-order valence-corrected chi connectivity index (χ4v) is 4.31. The molecule has 1 saturated heterocycles. The van der Waals surface area contributed by atoms with Crippen LogP contribution in [0.4, 0.5) is 11.5 Å². The van der Waals surface area contributed by atoms with Gasteiger partial charge < -0.3 is 21.3 Å². The number of likely N-dealkylation sites (tertiary alicyclic amines) is 1. The van der Waals surface area contributed by atoms with E-state index in [2.05, 4.69) is 36.5 Å². The number of para-hydroxylation sites is 1. The van der Waals surface area contributed by atoms with Crippen LogP contribution in [0.1, 0.15) is 24.1 Å². The first-order valence-corrected chi connectivity index (χ1v) is 10.9. The van der Waals surface area contributed by atoms with Gasteiger partial charge in [0.2, 0.25) is 11.8 Å². The summed E-state index contributed by atoms with van der Waals surface area (Å²) in [4.78, 5) is 47.5. The number of aromatic nitrogens is 2. The van der Waals surface area contributed by atoms with Crippen LogP contribution >= 0.6 is 15.9 Å². The van der Waals surface area contributed by atoms with E-state index in [-0.39, 0.29) is 30.1 Å². The second-order valence-corrected chi connectivity index (χ2v) is 8.66. The van der Waals surface area contributed by atoms with Crippen LogP contribution in [0.2, 0.25) is 0 Å². The molecule has 6 N–H and O–H groups in total. The zero-order valence-corrected chi connectivity index (χ0v) is 18.9. The number of nitrogens with zero attached hydrogens (tertiary/aromatic N) is 3. The monoisotopic (exact) mass is 500 g/mol. The molecule has 1 aliphatic heterocycles. The lowest BCUT2D eigenvalue weighted by molar-refractivity contribution is -0.136. The Morgan fingerprint density at radius 3 is 2.75 bits per heavy atom. The molecule has 1 aromatic carbocycles. The highest BCUT2D eigenvalue weighted by molar-refractivity contribution is 9.10. The molecule has 0 bridgehead atoms. The number of hydrogen-bond donors (Lipinski definition) is 4. The van der Waals surface area contributed by atoms with Crippen LogP contribution in [0.25, 0.3) is 0 Å². The van der Waals surface area contributed by atoms with Crippen molar-refractivity contribution in [1.29, 1.82) is 0 Å². The summed E-state index contributed by atoms with van der Waals surface area (Å²) in [5.74, 6) is -0.587. The van der Waals surface area contributed by atoms with Gasteiger partial charge in [0.05, 0.1) is 24.0 Å². The highest BCUT2D eigenvalue weighted by Gasteiger charge is 2.55. The first-order valence-electron chi connectivity index (χ1n) is 10.1. The third kappa shape index (κ3) is 4.33. The predicted molar refractivity (Wildman–Crippen MR) is 120 cm³/mol. The molecule has 2 heterocycles. The Kier molecular flexibility index (Phi) is 5.92. The zero-order valence-electron chi connectivity index (χ0n) is 17.3. The first kappa shape index (κ1) is 21.9. The molecule has 0 unspecified atom stereocenters. The van der Waals surface area contributed by atoms with Gasteiger partial charge >= 0.3 is 5.91 Å². The molecular formula is C21H23BrN7O3+. The number of benzene rings is 1. The fourth-order valence-electron chi connectivity index (χ4n) is 4.01. The van der Waals surface area contributed by atoms with E-state index in [0.29, 0.717) is 39.7 Å². The molecular weight excluding hydrogens is 478 g/mol. The van der Waals surface area contributed by atoms with Crippen LogP contribution in [0.3, 0.4) is 0 Å². The van der Waals surface area contributed by atoms with Crippen molar-refractivity contribution in [2.75, 3.05) is 17.2 Å². The number of aryl methyl sites for hydroxylation is 1. The topological polar surface area (TPSA) is 156 Å². The van der Waals surface area contributed by atoms with Crippen LogP contribution in [-0.4, -0.2) is 56.9 Å². The van der Waals surface area contributed by atoms with Gasteiger partial charge in [-0.3, -0.25) is 19.4 Å². The third-order valence-corrected chi connectivity index (χ3v) is 6.51. The summed E-state index contributed by atoms with van der Waals surface area (Å²) in [7, 11) is 0. The van der Waals surface area contributed by atoms with Crippen molar-refractivity contribution in [3.05, 3.63) is 46.3 Å². The Bertz CT molecular complexity index is 1120. The van der Waals surface area contributed by atoms with Crippen molar-refractivity contribution in [3.63, 3.8) is 0 Å². The lowest BCUT2D eigenvalue weighted by atomic mass is 10.1. The maximum absolute atomic E-state index is 13.1. The maximum Gasteiger partial charge on any atom is 0.313 e. The number of nitrogens with one attached hydrogen (secondary N) is 2. The van der Waals surface area contributed by atoms with E-state index < -0.39 is 11.9 Å². The van der Waals surface area contributed by atoms with Crippen LogP contribution in [-0.2, 0) is 14.4 Å². The SMILES string of the molecule is Cc1ncc(NC(=O)[C@@H]2C[C@H]3C[C@H]3N2C(=O)CNc2ccccc2C(=[NH2+])C(N)=O)nc1Br. The molecule has 2 aromatic rings. The Labute approximate surface area is 192 Å². The van der Waals surface area contributed by atoms with Gasteiger partial charge in [0.15, 0.2) is 5.82 Å². The van der Waals surface area contributed by atoms with E-state index in [4.69, 9.17) is 11.1 Å². The van der Waals surface area contributed by atoms with Crippen molar-refractivity contribution < 1.29 is 19.8 Å². The summed E-state index contributed by atoms with van der Waals surface area (Å²) in [5.41, 5.74) is 6.85. The molecule has 32 heavy (non-hydrogen) atoms. The average Bonchev–Trinajstić information content (AvgIpc) is 3.43. The van der Waals surface area contributed by atoms with Crippen molar-refractivity contribution in [1.82, 2.24) is 14.9 Å². The fraction of sp³-hybridized carbons (Fsp3) is 0.333. The molecule has 1 saturated carbocycles. The largest absolute Gasteiger partial charge is 0.375 e. The Balaban J connectivity index is 1.44. The predicted octanol–water partition coefficient (Wildman–Crippen LogP) is -0.379. The summed E-state index contributed by atoms with van der Waals surface area (Å²) in [5, 5.41) is 11.6. The van der Waals surface area contributed by atoms with Crippen molar-refractivity contribution >= 4 is 50.9 Å². The molecule has 3 amide bonds. The molecule has 1 aromatic heterocycles. The number of carbonyl (C=O) groups is 3. The summed E-state index contributed by atoms with van der Waals surface area (Å²) in [6.07, 6.45) is 2.99. The molecule has 2 fully saturated rings. The maximum atomic E-state index is 13.1. The summed E-state index contributed by atoms with van der Waals surface area (Å²) in [6.45, 7) is 1.75. The number of carbonyl (C=O) groups excluding carboxylic acids is 3. The van der Waals surface area contributed by atoms with E-state index in [1.54, 1.807) is 36.1 Å². The molecule has 3 atom stereocenters. The zero-order chi connectivity index (χ0) is 23.0. The molecule has 0 spiro atoms. The molecule has 1 aliphatic carbocycles. The standard InChI is InChI=1S/C21H22BrN7O3/c1-10-19(22)27-16(8-25-10)28-21(32)15-7-11-6-14(11)29(15)17(30)9-26-13-5-3-2-4-12(13)18(23)20(24)31/h2-5,8,11,14-15,23,26H,6-7,9H2,1H3,(H2,24,31)(H,27,28,32)/p+1/t11-,14-,15+/m1/s1. The quantitative estimate of drug-likeness (QED) is 0.379. The second-order valence-electron chi connectivity index (χ2n) is 7.91. The number of piperidine rings is 1. The number of nitrogens with two attached hydrogens (primary N) is 2. The Morgan fingerprint density at radius 2 is 2.03 bits per heavy atom. The lowest BCUT2D eigenvalue weighted by Gasteiger charge is -2.27. The number of amides is 3. The van der Waals surface area contributed by atoms with Gasteiger partial charge in [-0.05, 0) is 53.7 Å². The highest BCUT2D eigenvalue weighted by Crippen LogP contribution is 2.48. The molecule has 11 heteroatoms. The molecule has 10 nitrogen and oxygen atoms in total.